The summed E-state index contributed by atoms with van der Waals surface area (Å²) < 4.78 is 13.2. The molecule has 3 heterocycles. The Morgan fingerprint density at radius 3 is 2.62 bits per heavy atom. The van der Waals surface area contributed by atoms with Crippen LogP contribution < -0.4 is 9.47 Å². The first-order chi connectivity index (χ1) is 17.9. The quantitative estimate of drug-likeness (QED) is 0.254. The van der Waals surface area contributed by atoms with E-state index < -0.39 is 5.60 Å². The van der Waals surface area contributed by atoms with E-state index in [-0.39, 0.29) is 0 Å². The molecule has 4 nitrogen and oxygen atoms in total. The van der Waals surface area contributed by atoms with Crippen LogP contribution in [-0.2, 0) is 5.60 Å². The number of benzene rings is 1. The highest BCUT2D eigenvalue weighted by Gasteiger charge is 2.35. The fourth-order valence-corrected chi connectivity index (χ4v) is 6.06. The molecule has 2 atom stereocenters. The zero-order valence-electron chi connectivity index (χ0n) is 24.2. The largest absolute Gasteiger partial charge is 0.493 e. The van der Waals surface area contributed by atoms with E-state index in [0.717, 1.165) is 35.7 Å². The van der Waals surface area contributed by atoms with Crippen molar-refractivity contribution in [3.63, 3.8) is 0 Å². The molecule has 0 spiro atoms. The van der Waals surface area contributed by atoms with Gasteiger partial charge in [0.1, 0.15) is 17.1 Å². The minimum absolute atomic E-state index is 0.397. The third-order valence-corrected chi connectivity index (χ3v) is 8.66. The van der Waals surface area contributed by atoms with Crippen LogP contribution in [-0.4, -0.2) is 36.1 Å². The molecule has 1 aromatic heterocycles. The van der Waals surface area contributed by atoms with E-state index in [1.807, 2.05) is 12.4 Å². The first-order valence-electron chi connectivity index (χ1n) is 15.1. The Labute approximate surface area is 226 Å². The lowest BCUT2D eigenvalue weighted by molar-refractivity contribution is 0.105. The Kier molecular flexibility index (Phi) is 9.92. The molecule has 2 unspecified atom stereocenters. The van der Waals surface area contributed by atoms with Crippen LogP contribution in [0.4, 0.5) is 0 Å². The van der Waals surface area contributed by atoms with Crippen molar-refractivity contribution < 1.29 is 9.47 Å². The summed E-state index contributed by atoms with van der Waals surface area (Å²) >= 11 is 0. The van der Waals surface area contributed by atoms with Crippen LogP contribution >= 0.6 is 0 Å². The Morgan fingerprint density at radius 1 is 1.03 bits per heavy atom. The molecule has 0 bridgehead atoms. The van der Waals surface area contributed by atoms with Gasteiger partial charge in [-0.3, -0.25) is 4.98 Å². The molecule has 1 saturated heterocycles. The maximum absolute atomic E-state index is 6.65. The second-order valence-electron chi connectivity index (χ2n) is 12.0. The fraction of sp³-hybridized carbons (Fsp3) is 0.667. The monoisotopic (exact) mass is 506 g/mol. The molecule has 0 N–H and O–H groups in total. The standard InChI is InChI=1S/C33H50N2O2/c1-6-7-10-15-25(2)26(3)27-22-30(36-21-14-9-13-20-35-18-11-8-12-19-35)32-28-24-34-17-16-29(28)33(4,5)37-31(32)23-27/h16-17,22-26H,6-15,18-21H2,1-5H3. The van der Waals surface area contributed by atoms with Crippen LogP contribution in [0.1, 0.15) is 116 Å². The number of hydrogen-bond donors (Lipinski definition) is 0. The molecule has 37 heavy (non-hydrogen) atoms. The van der Waals surface area contributed by atoms with E-state index >= 15 is 0 Å². The highest BCUT2D eigenvalue weighted by atomic mass is 16.5. The molecular formula is C33H50N2O2. The van der Waals surface area contributed by atoms with Gasteiger partial charge in [0.25, 0.3) is 0 Å². The van der Waals surface area contributed by atoms with Crippen molar-refractivity contribution in [2.75, 3.05) is 26.2 Å². The summed E-state index contributed by atoms with van der Waals surface area (Å²) in [4.78, 5) is 7.12. The van der Waals surface area contributed by atoms with Crippen LogP contribution in [0.5, 0.6) is 11.5 Å². The lowest BCUT2D eigenvalue weighted by Crippen LogP contribution is -2.30. The fourth-order valence-electron chi connectivity index (χ4n) is 6.06. The SMILES string of the molecule is CCCCCC(C)C(C)c1cc(OCCCCCN2CCCCC2)c2c(c1)OC(C)(C)c1ccncc1-2. The molecule has 0 aliphatic carbocycles. The number of hydrogen-bond acceptors (Lipinski definition) is 4. The normalized spacial score (nSPS) is 18.4. The Hall–Kier alpha value is -2.07. The molecule has 0 amide bonds. The highest BCUT2D eigenvalue weighted by Crippen LogP contribution is 2.50. The number of pyridine rings is 1. The third kappa shape index (κ3) is 7.07. The van der Waals surface area contributed by atoms with Gasteiger partial charge < -0.3 is 14.4 Å². The summed E-state index contributed by atoms with van der Waals surface area (Å²) in [5.41, 5.74) is 4.32. The number of likely N-dealkylation sites (tertiary alicyclic amines) is 1. The average molecular weight is 507 g/mol. The summed E-state index contributed by atoms with van der Waals surface area (Å²) in [6.07, 6.45) is 16.7. The summed E-state index contributed by atoms with van der Waals surface area (Å²) in [7, 11) is 0. The minimum atomic E-state index is -0.397. The van der Waals surface area contributed by atoms with E-state index in [1.165, 1.54) is 88.5 Å². The molecule has 204 valence electrons. The van der Waals surface area contributed by atoms with Crippen LogP contribution in [0.3, 0.4) is 0 Å². The number of rotatable bonds is 13. The second kappa shape index (κ2) is 13.1. The van der Waals surface area contributed by atoms with Gasteiger partial charge in [0.05, 0.1) is 12.2 Å². The Balaban J connectivity index is 1.50. The zero-order chi connectivity index (χ0) is 26.3. The summed E-state index contributed by atoms with van der Waals surface area (Å²) in [6.45, 7) is 15.9. The Morgan fingerprint density at radius 2 is 1.84 bits per heavy atom. The van der Waals surface area contributed by atoms with Gasteiger partial charge in [-0.15, -0.1) is 0 Å². The number of aromatic nitrogens is 1. The number of unbranched alkanes of at least 4 members (excludes halogenated alkanes) is 4. The number of piperidine rings is 1. The molecule has 2 aliphatic rings. The van der Waals surface area contributed by atoms with E-state index in [0.29, 0.717) is 11.8 Å². The van der Waals surface area contributed by atoms with Gasteiger partial charge in [-0.2, -0.15) is 0 Å². The van der Waals surface area contributed by atoms with Gasteiger partial charge in [0.15, 0.2) is 0 Å². The second-order valence-corrected chi connectivity index (χ2v) is 12.0. The minimum Gasteiger partial charge on any atom is -0.493 e. The zero-order valence-corrected chi connectivity index (χ0v) is 24.2. The molecule has 0 saturated carbocycles. The van der Waals surface area contributed by atoms with Crippen molar-refractivity contribution in [1.82, 2.24) is 9.88 Å². The average Bonchev–Trinajstić information content (AvgIpc) is 2.90. The predicted molar refractivity (Wildman–Crippen MR) is 155 cm³/mol. The van der Waals surface area contributed by atoms with E-state index in [1.54, 1.807) is 0 Å². The predicted octanol–water partition coefficient (Wildman–Crippen LogP) is 8.73. The molecule has 4 rings (SSSR count). The van der Waals surface area contributed by atoms with Crippen LogP contribution in [0, 0.1) is 5.92 Å². The molecule has 2 aliphatic heterocycles. The van der Waals surface area contributed by atoms with Gasteiger partial charge in [-0.1, -0.05) is 52.9 Å². The van der Waals surface area contributed by atoms with Gasteiger partial charge in [-0.25, -0.2) is 0 Å². The molecular weight excluding hydrogens is 456 g/mol. The van der Waals surface area contributed by atoms with Crippen molar-refractivity contribution in [3.05, 3.63) is 41.7 Å². The van der Waals surface area contributed by atoms with Gasteiger partial charge in [0.2, 0.25) is 0 Å². The van der Waals surface area contributed by atoms with Crippen LogP contribution in [0.25, 0.3) is 11.1 Å². The topological polar surface area (TPSA) is 34.6 Å². The smallest absolute Gasteiger partial charge is 0.132 e. The molecule has 4 heteroatoms. The van der Waals surface area contributed by atoms with E-state index in [9.17, 15) is 0 Å². The molecule has 2 aromatic rings. The number of nitrogens with zero attached hydrogens (tertiary/aromatic N) is 2. The lowest BCUT2D eigenvalue weighted by Gasteiger charge is -2.36. The first-order valence-corrected chi connectivity index (χ1v) is 15.1. The highest BCUT2D eigenvalue weighted by molar-refractivity contribution is 5.81. The van der Waals surface area contributed by atoms with Crippen molar-refractivity contribution in [2.45, 2.75) is 110 Å². The van der Waals surface area contributed by atoms with Crippen molar-refractivity contribution in [3.8, 4) is 22.6 Å². The maximum Gasteiger partial charge on any atom is 0.132 e. The van der Waals surface area contributed by atoms with Crippen LogP contribution in [0.2, 0.25) is 0 Å². The maximum atomic E-state index is 6.65. The summed E-state index contributed by atoms with van der Waals surface area (Å²) in [6, 6.07) is 6.67. The van der Waals surface area contributed by atoms with Gasteiger partial charge in [-0.05, 0) is 101 Å². The van der Waals surface area contributed by atoms with Gasteiger partial charge >= 0.3 is 0 Å². The molecule has 0 radical (unpaired) electrons. The van der Waals surface area contributed by atoms with Crippen molar-refractivity contribution in [1.29, 1.82) is 0 Å². The van der Waals surface area contributed by atoms with Crippen molar-refractivity contribution in [2.24, 2.45) is 5.92 Å². The lowest BCUT2D eigenvalue weighted by atomic mass is 9.82. The number of fused-ring (bicyclic) bond motifs is 3. The third-order valence-electron chi connectivity index (χ3n) is 8.66. The first kappa shape index (κ1) is 28.0. The van der Waals surface area contributed by atoms with Crippen molar-refractivity contribution >= 4 is 0 Å². The summed E-state index contributed by atoms with van der Waals surface area (Å²) in [5, 5.41) is 0. The van der Waals surface area contributed by atoms with E-state index in [2.05, 4.69) is 62.7 Å². The molecule has 1 fully saturated rings. The Bertz CT molecular complexity index is 996. The van der Waals surface area contributed by atoms with E-state index in [4.69, 9.17) is 9.47 Å². The van der Waals surface area contributed by atoms with Gasteiger partial charge in [0, 0.05) is 23.5 Å². The summed E-state index contributed by atoms with van der Waals surface area (Å²) in [5.74, 6) is 2.98. The molecule has 1 aromatic carbocycles. The number of ether oxygens (including phenoxy) is 2. The van der Waals surface area contributed by atoms with Crippen LogP contribution in [0.15, 0.2) is 30.6 Å².